The highest BCUT2D eigenvalue weighted by molar-refractivity contribution is 5.86. The van der Waals surface area contributed by atoms with Crippen molar-refractivity contribution in [2.75, 3.05) is 32.1 Å². The Morgan fingerprint density at radius 1 is 0.914 bits per heavy atom. The van der Waals surface area contributed by atoms with Gasteiger partial charge in [-0.15, -0.1) is 24.8 Å². The van der Waals surface area contributed by atoms with E-state index in [-0.39, 0.29) is 30.9 Å². The van der Waals surface area contributed by atoms with E-state index < -0.39 is 0 Å². The molecule has 0 bridgehead atoms. The lowest BCUT2D eigenvalue weighted by Crippen LogP contribution is -2.23. The molecule has 1 unspecified atom stereocenters. The molecule has 0 saturated carbocycles. The molecule has 8 heteroatoms. The second-order valence-electron chi connectivity index (χ2n) is 8.00. The Kier molecular flexibility index (Phi) is 11.7. The fourth-order valence-electron chi connectivity index (χ4n) is 3.87. The molecular weight excluding hydrogens is 481 g/mol. The fourth-order valence-corrected chi connectivity index (χ4v) is 3.87. The van der Waals surface area contributed by atoms with Crippen LogP contribution in [0.1, 0.15) is 24.4 Å². The number of nitrogens with two attached hydrogens (primary N) is 1. The monoisotopic (exact) mass is 513 g/mol. The summed E-state index contributed by atoms with van der Waals surface area (Å²) in [6.45, 7) is 2.73. The molecule has 186 valence electrons. The summed E-state index contributed by atoms with van der Waals surface area (Å²) in [4.78, 5) is 8.91. The van der Waals surface area contributed by atoms with Crippen LogP contribution >= 0.6 is 24.8 Å². The highest BCUT2D eigenvalue weighted by Crippen LogP contribution is 2.29. The minimum atomic E-state index is -0.0719. The van der Waals surface area contributed by atoms with Gasteiger partial charge in [0.05, 0.1) is 18.3 Å². The van der Waals surface area contributed by atoms with Crippen LogP contribution in [0.5, 0.6) is 5.75 Å². The molecule has 4 rings (SSSR count). The first kappa shape index (κ1) is 28.3. The number of nitrogens with zero attached hydrogens (tertiary/aromatic N) is 2. The standard InChI is InChI=1S/C27H31N5O.2ClH/c1-33-22-9-7-20(8-10-22)27-19-24(23-5-2-3-6-26(23)32-27)25(28)13-18-29-14-4-15-31-21-11-16-30-17-12-21;;/h2-3,5-12,16-17,19,25,29H,4,13-15,18,28H2,1H3,(H,30,31);2*1H. The Labute approximate surface area is 219 Å². The minimum Gasteiger partial charge on any atom is -0.497 e. The zero-order chi connectivity index (χ0) is 22.9. The predicted octanol–water partition coefficient (Wildman–Crippen LogP) is 5.63. The SMILES string of the molecule is COc1ccc(-c2cc(C(N)CCNCCCNc3ccncc3)c3ccccc3n2)cc1.Cl.Cl. The normalized spacial score (nSPS) is 11.3. The molecule has 0 fully saturated rings. The third-order valence-corrected chi connectivity index (χ3v) is 5.71. The number of hydrogen-bond acceptors (Lipinski definition) is 6. The molecule has 0 aliphatic carbocycles. The van der Waals surface area contributed by atoms with E-state index in [4.69, 9.17) is 15.5 Å². The third-order valence-electron chi connectivity index (χ3n) is 5.71. The maximum absolute atomic E-state index is 6.66. The van der Waals surface area contributed by atoms with E-state index in [1.165, 1.54) is 0 Å². The first-order valence-corrected chi connectivity index (χ1v) is 11.4. The smallest absolute Gasteiger partial charge is 0.118 e. The number of ether oxygens (including phenoxy) is 1. The van der Waals surface area contributed by atoms with Crippen molar-refractivity contribution in [3.05, 3.63) is 84.7 Å². The van der Waals surface area contributed by atoms with Gasteiger partial charge in [0.2, 0.25) is 0 Å². The number of anilines is 1. The molecule has 2 aromatic carbocycles. The molecule has 2 aromatic heterocycles. The topological polar surface area (TPSA) is 85.1 Å². The molecule has 1 atom stereocenters. The Morgan fingerprint density at radius 2 is 1.66 bits per heavy atom. The Morgan fingerprint density at radius 3 is 2.40 bits per heavy atom. The van der Waals surface area contributed by atoms with Gasteiger partial charge in [0, 0.05) is 41.6 Å². The van der Waals surface area contributed by atoms with Crippen LogP contribution in [0.25, 0.3) is 22.2 Å². The molecule has 4 aromatic rings. The molecule has 0 saturated heterocycles. The summed E-state index contributed by atoms with van der Waals surface area (Å²) in [6.07, 6.45) is 5.49. The number of methoxy groups -OCH3 is 1. The molecule has 4 N–H and O–H groups in total. The summed E-state index contributed by atoms with van der Waals surface area (Å²) < 4.78 is 5.29. The molecule has 35 heavy (non-hydrogen) atoms. The molecule has 0 amide bonds. The highest BCUT2D eigenvalue weighted by Gasteiger charge is 2.13. The second kappa shape index (κ2) is 14.5. The van der Waals surface area contributed by atoms with Crippen molar-refractivity contribution in [2.24, 2.45) is 5.73 Å². The first-order valence-electron chi connectivity index (χ1n) is 11.4. The number of hydrogen-bond donors (Lipinski definition) is 3. The van der Waals surface area contributed by atoms with Gasteiger partial charge in [0.1, 0.15) is 5.75 Å². The van der Waals surface area contributed by atoms with E-state index in [9.17, 15) is 0 Å². The Balaban J connectivity index is 0.00000216. The highest BCUT2D eigenvalue weighted by atomic mass is 35.5. The average molecular weight is 515 g/mol. The quantitative estimate of drug-likeness (QED) is 0.225. The summed E-state index contributed by atoms with van der Waals surface area (Å²) in [7, 11) is 1.67. The van der Waals surface area contributed by atoms with Crippen molar-refractivity contribution in [3.63, 3.8) is 0 Å². The zero-order valence-corrected chi connectivity index (χ0v) is 21.4. The average Bonchev–Trinajstić information content (AvgIpc) is 2.88. The Bertz CT molecular complexity index is 1160. The maximum Gasteiger partial charge on any atom is 0.118 e. The molecule has 6 nitrogen and oxygen atoms in total. The summed E-state index contributed by atoms with van der Waals surface area (Å²) in [6, 6.07) is 22.2. The van der Waals surface area contributed by atoms with Gasteiger partial charge < -0.3 is 21.1 Å². The Hall–Kier alpha value is -2.90. The number of rotatable bonds is 11. The summed E-state index contributed by atoms with van der Waals surface area (Å²) >= 11 is 0. The van der Waals surface area contributed by atoms with Gasteiger partial charge in [-0.3, -0.25) is 4.98 Å². The van der Waals surface area contributed by atoms with Crippen LogP contribution in [0.3, 0.4) is 0 Å². The number of benzene rings is 2. The summed E-state index contributed by atoms with van der Waals surface area (Å²) in [5.74, 6) is 0.832. The number of pyridine rings is 2. The lowest BCUT2D eigenvalue weighted by Gasteiger charge is -2.17. The molecule has 2 heterocycles. The van der Waals surface area contributed by atoms with Gasteiger partial charge in [0.15, 0.2) is 0 Å². The maximum atomic E-state index is 6.66. The predicted molar refractivity (Wildman–Crippen MR) is 150 cm³/mol. The van der Waals surface area contributed by atoms with Crippen molar-refractivity contribution in [1.29, 1.82) is 0 Å². The fraction of sp³-hybridized carbons (Fsp3) is 0.259. The van der Waals surface area contributed by atoms with E-state index in [1.54, 1.807) is 19.5 Å². The molecule has 0 aliphatic rings. The van der Waals surface area contributed by atoms with Crippen LogP contribution in [-0.4, -0.2) is 36.7 Å². The second-order valence-corrected chi connectivity index (χ2v) is 8.00. The largest absolute Gasteiger partial charge is 0.497 e. The van der Waals surface area contributed by atoms with Gasteiger partial charge in [-0.1, -0.05) is 18.2 Å². The van der Waals surface area contributed by atoms with Crippen molar-refractivity contribution in [2.45, 2.75) is 18.9 Å². The first-order chi connectivity index (χ1) is 16.2. The molecular formula is C27H33Cl2N5O. The van der Waals surface area contributed by atoms with Gasteiger partial charge in [0.25, 0.3) is 0 Å². The molecule has 0 radical (unpaired) electrons. The number of halogens is 2. The van der Waals surface area contributed by atoms with Crippen LogP contribution in [0, 0.1) is 0 Å². The number of para-hydroxylation sites is 1. The molecule has 0 spiro atoms. The van der Waals surface area contributed by atoms with Gasteiger partial charge >= 0.3 is 0 Å². The third kappa shape index (κ3) is 7.80. The molecule has 0 aliphatic heterocycles. The van der Waals surface area contributed by atoms with Crippen molar-refractivity contribution in [1.82, 2.24) is 15.3 Å². The van der Waals surface area contributed by atoms with Gasteiger partial charge in [-0.05, 0) is 80.0 Å². The minimum absolute atomic E-state index is 0. The lowest BCUT2D eigenvalue weighted by atomic mass is 9.97. The number of nitrogens with one attached hydrogen (secondary N) is 2. The van der Waals surface area contributed by atoms with Crippen molar-refractivity contribution in [3.8, 4) is 17.0 Å². The number of aromatic nitrogens is 2. The van der Waals surface area contributed by atoms with E-state index >= 15 is 0 Å². The van der Waals surface area contributed by atoms with Crippen molar-refractivity contribution >= 4 is 41.4 Å². The van der Waals surface area contributed by atoms with Crippen LogP contribution in [0.15, 0.2) is 79.1 Å². The van der Waals surface area contributed by atoms with Crippen molar-refractivity contribution < 1.29 is 4.74 Å². The van der Waals surface area contributed by atoms with Crippen LogP contribution in [0.4, 0.5) is 5.69 Å². The number of fused-ring (bicyclic) bond motifs is 1. The lowest BCUT2D eigenvalue weighted by molar-refractivity contribution is 0.415. The van der Waals surface area contributed by atoms with Crippen LogP contribution in [-0.2, 0) is 0 Å². The zero-order valence-electron chi connectivity index (χ0n) is 19.8. The van der Waals surface area contributed by atoms with Crippen LogP contribution in [0.2, 0.25) is 0 Å². The van der Waals surface area contributed by atoms with E-state index in [2.05, 4.69) is 27.8 Å². The van der Waals surface area contributed by atoms with E-state index in [0.29, 0.717) is 0 Å². The van der Waals surface area contributed by atoms with E-state index in [1.807, 2.05) is 54.6 Å². The van der Waals surface area contributed by atoms with Crippen LogP contribution < -0.4 is 21.1 Å². The van der Waals surface area contributed by atoms with Gasteiger partial charge in [-0.25, -0.2) is 4.98 Å². The van der Waals surface area contributed by atoms with Gasteiger partial charge in [-0.2, -0.15) is 0 Å². The summed E-state index contributed by atoms with van der Waals surface area (Å²) in [5.41, 5.74) is 11.8. The summed E-state index contributed by atoms with van der Waals surface area (Å²) in [5, 5.41) is 8.03. The van der Waals surface area contributed by atoms with E-state index in [0.717, 1.165) is 71.6 Å².